The van der Waals surface area contributed by atoms with Crippen LogP contribution in [0.15, 0.2) is 47.4 Å². The molecule has 27 heavy (non-hydrogen) atoms. The van der Waals surface area contributed by atoms with Gasteiger partial charge in [0.1, 0.15) is 0 Å². The Morgan fingerprint density at radius 2 is 1.81 bits per heavy atom. The van der Waals surface area contributed by atoms with Crippen molar-refractivity contribution in [2.45, 2.75) is 62.0 Å². The van der Waals surface area contributed by atoms with E-state index in [1.165, 1.54) is 54.6 Å². The molecular formula is C24H29NOS. The third-order valence-corrected chi connectivity index (χ3v) is 6.99. The van der Waals surface area contributed by atoms with Gasteiger partial charge in [0.15, 0.2) is 0 Å². The van der Waals surface area contributed by atoms with E-state index in [1.807, 2.05) is 18.7 Å². The molecule has 2 aromatic rings. The molecule has 0 saturated heterocycles. The lowest BCUT2D eigenvalue weighted by atomic mass is 9.96. The van der Waals surface area contributed by atoms with E-state index in [0.29, 0.717) is 0 Å². The van der Waals surface area contributed by atoms with Gasteiger partial charge in [-0.05, 0) is 55.9 Å². The molecule has 2 fully saturated rings. The van der Waals surface area contributed by atoms with Crippen LogP contribution in [0.2, 0.25) is 0 Å². The average molecular weight is 380 g/mol. The standard InChI is InChI=1S/C24H29NOS/c1-17-7-16-23(25-24(17)26-2)22(15-8-18-5-3-4-6-18)19-9-11-20(12-10-19)27-21-13-14-21/h7,9-12,15-16,18,21H,3-6,8,13-14H2,1-2H3/b22-15-. The van der Waals surface area contributed by atoms with Gasteiger partial charge < -0.3 is 4.74 Å². The maximum Gasteiger partial charge on any atom is 0.216 e. The van der Waals surface area contributed by atoms with Crippen LogP contribution in [-0.2, 0) is 0 Å². The first-order valence-electron chi connectivity index (χ1n) is 10.2. The molecule has 2 aliphatic carbocycles. The SMILES string of the molecule is COc1nc(/C(=C\CC2CCCC2)c2ccc(SC3CC3)cc2)ccc1C. The summed E-state index contributed by atoms with van der Waals surface area (Å²) in [4.78, 5) is 6.18. The van der Waals surface area contributed by atoms with Crippen LogP contribution in [0.25, 0.3) is 5.57 Å². The average Bonchev–Trinajstić information content (AvgIpc) is 3.35. The molecule has 0 spiro atoms. The topological polar surface area (TPSA) is 22.1 Å². The van der Waals surface area contributed by atoms with Gasteiger partial charge in [0, 0.05) is 21.3 Å². The fourth-order valence-electron chi connectivity index (χ4n) is 3.86. The van der Waals surface area contributed by atoms with Gasteiger partial charge >= 0.3 is 0 Å². The maximum atomic E-state index is 5.48. The van der Waals surface area contributed by atoms with Crippen molar-refractivity contribution >= 4 is 17.3 Å². The first-order chi connectivity index (χ1) is 13.2. The zero-order chi connectivity index (χ0) is 18.6. The van der Waals surface area contributed by atoms with Crippen molar-refractivity contribution in [2.24, 2.45) is 5.92 Å². The molecule has 0 N–H and O–H groups in total. The fourth-order valence-corrected chi connectivity index (χ4v) is 4.91. The predicted molar refractivity (Wildman–Crippen MR) is 115 cm³/mol. The van der Waals surface area contributed by atoms with Gasteiger partial charge in [0.25, 0.3) is 0 Å². The summed E-state index contributed by atoms with van der Waals surface area (Å²) >= 11 is 2.01. The second kappa shape index (κ2) is 8.52. The number of allylic oxidation sites excluding steroid dienone is 1. The number of hydrogen-bond donors (Lipinski definition) is 0. The van der Waals surface area contributed by atoms with Gasteiger partial charge in [0.2, 0.25) is 5.88 Å². The third-order valence-electron chi connectivity index (χ3n) is 5.64. The number of rotatable bonds is 7. The van der Waals surface area contributed by atoms with Crippen LogP contribution in [-0.4, -0.2) is 17.3 Å². The van der Waals surface area contributed by atoms with Gasteiger partial charge in [-0.2, -0.15) is 0 Å². The van der Waals surface area contributed by atoms with Gasteiger partial charge in [-0.15, -0.1) is 11.8 Å². The van der Waals surface area contributed by atoms with E-state index in [2.05, 4.69) is 42.5 Å². The van der Waals surface area contributed by atoms with E-state index in [1.54, 1.807) is 7.11 Å². The number of aryl methyl sites for hydroxylation is 1. The first-order valence-corrected chi connectivity index (χ1v) is 11.1. The molecule has 2 aliphatic rings. The number of benzene rings is 1. The van der Waals surface area contributed by atoms with Crippen LogP contribution >= 0.6 is 11.8 Å². The Kier molecular flexibility index (Phi) is 5.87. The largest absolute Gasteiger partial charge is 0.481 e. The minimum atomic E-state index is 0.722. The highest BCUT2D eigenvalue weighted by Gasteiger charge is 2.22. The molecule has 2 saturated carbocycles. The van der Waals surface area contributed by atoms with Crippen LogP contribution in [0.5, 0.6) is 5.88 Å². The lowest BCUT2D eigenvalue weighted by Crippen LogP contribution is -1.99. The Morgan fingerprint density at radius 3 is 2.48 bits per heavy atom. The normalized spacial score (nSPS) is 18.1. The molecule has 0 unspecified atom stereocenters. The van der Waals surface area contributed by atoms with Crippen molar-refractivity contribution in [3.8, 4) is 5.88 Å². The Hall–Kier alpha value is -1.74. The molecule has 3 heteroatoms. The maximum absolute atomic E-state index is 5.48. The van der Waals surface area contributed by atoms with Crippen molar-refractivity contribution in [2.75, 3.05) is 7.11 Å². The molecule has 4 rings (SSSR count). The fraction of sp³-hybridized carbons (Fsp3) is 0.458. The van der Waals surface area contributed by atoms with E-state index >= 15 is 0 Å². The molecule has 0 radical (unpaired) electrons. The molecule has 0 bridgehead atoms. The van der Waals surface area contributed by atoms with Crippen molar-refractivity contribution in [1.29, 1.82) is 0 Å². The Labute approximate surface area is 167 Å². The Balaban J connectivity index is 1.63. The summed E-state index contributed by atoms with van der Waals surface area (Å²) in [5.74, 6) is 1.55. The van der Waals surface area contributed by atoms with E-state index < -0.39 is 0 Å². The summed E-state index contributed by atoms with van der Waals surface area (Å²) < 4.78 is 5.48. The highest BCUT2D eigenvalue weighted by molar-refractivity contribution is 8.00. The Morgan fingerprint density at radius 1 is 1.07 bits per heavy atom. The third kappa shape index (κ3) is 4.76. The minimum Gasteiger partial charge on any atom is -0.481 e. The van der Waals surface area contributed by atoms with E-state index in [4.69, 9.17) is 9.72 Å². The zero-order valence-corrected chi connectivity index (χ0v) is 17.2. The smallest absolute Gasteiger partial charge is 0.216 e. The predicted octanol–water partition coefficient (Wildman–Crippen LogP) is 6.67. The Bertz CT molecular complexity index is 802. The number of aromatic nitrogens is 1. The first kappa shape index (κ1) is 18.6. The quantitative estimate of drug-likeness (QED) is 0.536. The lowest BCUT2D eigenvalue weighted by molar-refractivity contribution is 0.394. The molecule has 0 amide bonds. The van der Waals surface area contributed by atoms with E-state index in [9.17, 15) is 0 Å². The van der Waals surface area contributed by atoms with Gasteiger partial charge in [-0.3, -0.25) is 0 Å². The number of pyridine rings is 1. The summed E-state index contributed by atoms with van der Waals surface area (Å²) in [6.45, 7) is 2.04. The monoisotopic (exact) mass is 379 g/mol. The second-order valence-corrected chi connectivity index (χ2v) is 9.24. The van der Waals surface area contributed by atoms with Crippen molar-refractivity contribution in [3.05, 3.63) is 59.3 Å². The van der Waals surface area contributed by atoms with Crippen molar-refractivity contribution in [3.63, 3.8) is 0 Å². The van der Waals surface area contributed by atoms with Gasteiger partial charge in [-0.25, -0.2) is 4.98 Å². The van der Waals surface area contributed by atoms with Crippen LogP contribution in [0.3, 0.4) is 0 Å². The van der Waals surface area contributed by atoms with E-state index in [0.717, 1.165) is 34.7 Å². The summed E-state index contributed by atoms with van der Waals surface area (Å²) in [5, 5.41) is 0.844. The molecule has 0 aliphatic heterocycles. The molecule has 2 nitrogen and oxygen atoms in total. The number of ether oxygens (including phenoxy) is 1. The molecule has 1 heterocycles. The molecule has 142 valence electrons. The molecule has 1 aromatic heterocycles. The number of thioether (sulfide) groups is 1. The molecule has 0 atom stereocenters. The highest BCUT2D eigenvalue weighted by atomic mass is 32.2. The van der Waals surface area contributed by atoms with E-state index in [-0.39, 0.29) is 0 Å². The number of hydrogen-bond acceptors (Lipinski definition) is 3. The number of nitrogens with zero attached hydrogens (tertiary/aromatic N) is 1. The van der Waals surface area contributed by atoms with Crippen LogP contribution in [0.4, 0.5) is 0 Å². The summed E-state index contributed by atoms with van der Waals surface area (Å²) in [7, 11) is 1.70. The molecule has 1 aromatic carbocycles. The van der Waals surface area contributed by atoms with Crippen LogP contribution in [0.1, 0.15) is 61.8 Å². The number of methoxy groups -OCH3 is 1. The second-order valence-electron chi connectivity index (χ2n) is 7.87. The minimum absolute atomic E-state index is 0.722. The molecular weight excluding hydrogens is 350 g/mol. The lowest BCUT2D eigenvalue weighted by Gasteiger charge is -2.13. The zero-order valence-electron chi connectivity index (χ0n) is 16.4. The summed E-state index contributed by atoms with van der Waals surface area (Å²) in [5.41, 5.74) is 4.58. The van der Waals surface area contributed by atoms with Gasteiger partial charge in [0.05, 0.1) is 12.8 Å². The van der Waals surface area contributed by atoms with Crippen molar-refractivity contribution < 1.29 is 4.74 Å². The summed E-state index contributed by atoms with van der Waals surface area (Å²) in [6, 6.07) is 13.3. The van der Waals surface area contributed by atoms with Gasteiger partial charge in [-0.1, -0.05) is 50.0 Å². The van der Waals surface area contributed by atoms with Crippen molar-refractivity contribution in [1.82, 2.24) is 4.98 Å². The highest BCUT2D eigenvalue weighted by Crippen LogP contribution is 2.39. The van der Waals surface area contributed by atoms with Crippen LogP contribution in [0, 0.1) is 12.8 Å². The van der Waals surface area contributed by atoms with Crippen LogP contribution < -0.4 is 4.74 Å². The summed E-state index contributed by atoms with van der Waals surface area (Å²) in [6.07, 6.45) is 11.8.